The van der Waals surface area contributed by atoms with Crippen LogP contribution in [0.25, 0.3) is 11.1 Å². The number of benzene rings is 2. The molecule has 0 bridgehead atoms. The molecule has 1 atom stereocenters. The van der Waals surface area contributed by atoms with E-state index in [1.165, 1.54) is 50.9 Å². The Kier molecular flexibility index (Phi) is 4.69. The van der Waals surface area contributed by atoms with Gasteiger partial charge in [0.05, 0.1) is 0 Å². The molecule has 0 N–H and O–H groups in total. The Labute approximate surface area is 181 Å². The molecule has 0 saturated carbocycles. The van der Waals surface area contributed by atoms with Gasteiger partial charge >= 0.3 is 0 Å². The first-order valence-electron chi connectivity index (χ1n) is 11.4. The Bertz CT molecular complexity index is 1130. The number of fused-ring (bicyclic) bond motifs is 3. The third kappa shape index (κ3) is 3.23. The molecule has 0 spiro atoms. The van der Waals surface area contributed by atoms with Crippen LogP contribution < -0.4 is 0 Å². The summed E-state index contributed by atoms with van der Waals surface area (Å²) in [5.41, 5.74) is 13.4. The molecular formula is C30H32. The van der Waals surface area contributed by atoms with E-state index in [1.54, 1.807) is 5.57 Å². The highest BCUT2D eigenvalue weighted by Gasteiger charge is 2.28. The number of allylic oxidation sites excluding steroid dienone is 8. The van der Waals surface area contributed by atoms with E-state index >= 15 is 0 Å². The maximum Gasteiger partial charge on any atom is -0.00428 e. The lowest BCUT2D eigenvalue weighted by Crippen LogP contribution is -2.18. The van der Waals surface area contributed by atoms with Gasteiger partial charge in [-0.25, -0.2) is 0 Å². The maximum absolute atomic E-state index is 2.49. The van der Waals surface area contributed by atoms with Gasteiger partial charge in [0.2, 0.25) is 0 Å². The lowest BCUT2D eigenvalue weighted by molar-refractivity contribution is 0.530. The van der Waals surface area contributed by atoms with E-state index < -0.39 is 0 Å². The zero-order valence-electron chi connectivity index (χ0n) is 18.8. The van der Waals surface area contributed by atoms with Gasteiger partial charge in [0.15, 0.2) is 0 Å². The predicted molar refractivity (Wildman–Crippen MR) is 130 cm³/mol. The molecule has 0 fully saturated rings. The van der Waals surface area contributed by atoms with E-state index in [4.69, 9.17) is 0 Å². The van der Waals surface area contributed by atoms with Crippen LogP contribution in [0.4, 0.5) is 0 Å². The van der Waals surface area contributed by atoms with Gasteiger partial charge < -0.3 is 0 Å². The van der Waals surface area contributed by atoms with Crippen LogP contribution in [0, 0.1) is 12.8 Å². The number of rotatable bonds is 1. The summed E-state index contributed by atoms with van der Waals surface area (Å²) >= 11 is 0. The summed E-state index contributed by atoms with van der Waals surface area (Å²) in [6.07, 6.45) is 16.3. The van der Waals surface area contributed by atoms with E-state index in [0.717, 1.165) is 19.3 Å². The maximum atomic E-state index is 2.49. The first kappa shape index (κ1) is 19.4. The van der Waals surface area contributed by atoms with E-state index in [1.807, 2.05) is 0 Å². The summed E-state index contributed by atoms with van der Waals surface area (Å²) < 4.78 is 0. The third-order valence-corrected chi connectivity index (χ3v) is 7.32. The molecule has 0 aliphatic heterocycles. The fourth-order valence-electron chi connectivity index (χ4n) is 5.48. The van der Waals surface area contributed by atoms with Crippen LogP contribution in [0.15, 0.2) is 72.4 Å². The Morgan fingerprint density at radius 3 is 2.67 bits per heavy atom. The molecule has 0 amide bonds. The molecule has 30 heavy (non-hydrogen) atoms. The van der Waals surface area contributed by atoms with Crippen LogP contribution in [0.2, 0.25) is 0 Å². The van der Waals surface area contributed by atoms with Crippen molar-refractivity contribution in [3.8, 4) is 0 Å². The van der Waals surface area contributed by atoms with Gasteiger partial charge in [-0.15, -0.1) is 0 Å². The summed E-state index contributed by atoms with van der Waals surface area (Å²) in [4.78, 5) is 0. The minimum Gasteiger partial charge on any atom is -0.0833 e. The van der Waals surface area contributed by atoms with Crippen molar-refractivity contribution in [2.24, 2.45) is 5.92 Å². The summed E-state index contributed by atoms with van der Waals surface area (Å²) in [6.45, 7) is 9.38. The van der Waals surface area contributed by atoms with Crippen LogP contribution in [0.1, 0.15) is 67.0 Å². The minimum atomic E-state index is 0.130. The molecule has 2 aromatic rings. The van der Waals surface area contributed by atoms with Gasteiger partial charge in [-0.3, -0.25) is 0 Å². The predicted octanol–water partition coefficient (Wildman–Crippen LogP) is 7.76. The standard InChI is InChI=1S/C30H32/c1-20-14-15-23-10-6-9-22(16-17-30(3,4)29(23)18-20)24-11-7-13-26-25-12-5-8-21(2)27(25)19-28(24)26/h5-7,9,11-16,18,21H,8,10,17,19H2,1-4H3/b9-6-,22-16+. The molecule has 0 saturated heterocycles. The topological polar surface area (TPSA) is 0 Å². The van der Waals surface area contributed by atoms with Gasteiger partial charge in [0, 0.05) is 0 Å². The minimum absolute atomic E-state index is 0.130. The van der Waals surface area contributed by atoms with Gasteiger partial charge in [-0.2, -0.15) is 0 Å². The Morgan fingerprint density at radius 1 is 0.967 bits per heavy atom. The number of aryl methyl sites for hydroxylation is 1. The van der Waals surface area contributed by atoms with Crippen LogP contribution >= 0.6 is 0 Å². The third-order valence-electron chi connectivity index (χ3n) is 7.32. The molecule has 1 unspecified atom stereocenters. The molecule has 152 valence electrons. The van der Waals surface area contributed by atoms with Gasteiger partial charge in [0.25, 0.3) is 0 Å². The largest absolute Gasteiger partial charge is 0.0833 e. The highest BCUT2D eigenvalue weighted by atomic mass is 14.3. The molecule has 3 aliphatic carbocycles. The van der Waals surface area contributed by atoms with E-state index in [2.05, 4.69) is 94.5 Å². The van der Waals surface area contributed by atoms with Crippen LogP contribution in [-0.2, 0) is 18.3 Å². The summed E-state index contributed by atoms with van der Waals surface area (Å²) in [7, 11) is 0. The fraction of sp³-hybridized carbons (Fsp3) is 0.333. The second-order valence-electron chi connectivity index (χ2n) is 10.0. The van der Waals surface area contributed by atoms with Crippen LogP contribution in [-0.4, -0.2) is 0 Å². The summed E-state index contributed by atoms with van der Waals surface area (Å²) in [5, 5.41) is 0. The van der Waals surface area contributed by atoms with E-state index in [9.17, 15) is 0 Å². The Balaban J connectivity index is 1.56. The van der Waals surface area contributed by atoms with Crippen molar-refractivity contribution in [1.82, 2.24) is 0 Å². The monoisotopic (exact) mass is 392 g/mol. The first-order valence-corrected chi connectivity index (χ1v) is 11.4. The first-order chi connectivity index (χ1) is 14.4. The molecule has 0 radical (unpaired) electrons. The molecule has 2 aromatic carbocycles. The average Bonchev–Trinajstić information content (AvgIpc) is 3.13. The van der Waals surface area contributed by atoms with Gasteiger partial charge in [-0.1, -0.05) is 98.7 Å². The van der Waals surface area contributed by atoms with E-state index in [-0.39, 0.29) is 5.41 Å². The normalized spacial score (nSPS) is 24.7. The molecular weight excluding hydrogens is 360 g/mol. The van der Waals surface area contributed by atoms with Crippen molar-refractivity contribution in [1.29, 1.82) is 0 Å². The van der Waals surface area contributed by atoms with Crippen molar-refractivity contribution < 1.29 is 0 Å². The summed E-state index contributed by atoms with van der Waals surface area (Å²) in [5.74, 6) is 0.659. The van der Waals surface area contributed by atoms with Gasteiger partial charge in [0.1, 0.15) is 0 Å². The van der Waals surface area contributed by atoms with Crippen molar-refractivity contribution in [3.63, 3.8) is 0 Å². The van der Waals surface area contributed by atoms with Crippen molar-refractivity contribution in [2.75, 3.05) is 0 Å². The van der Waals surface area contributed by atoms with Crippen molar-refractivity contribution in [3.05, 3.63) is 106 Å². The van der Waals surface area contributed by atoms with Crippen molar-refractivity contribution in [2.45, 2.75) is 58.8 Å². The number of hydrogen-bond acceptors (Lipinski definition) is 0. The van der Waals surface area contributed by atoms with E-state index in [0.29, 0.717) is 5.92 Å². The van der Waals surface area contributed by atoms with Crippen molar-refractivity contribution >= 4 is 11.1 Å². The lowest BCUT2D eigenvalue weighted by Gasteiger charge is -2.27. The summed E-state index contributed by atoms with van der Waals surface area (Å²) in [6, 6.07) is 13.9. The SMILES string of the molecule is Cc1ccc2c(c1)C(C)(C)C/C=C(c1cccc3c1CC1=C3C=CCC1C)\C=C/C2. The second-order valence-corrected chi connectivity index (χ2v) is 10.0. The Morgan fingerprint density at radius 2 is 1.80 bits per heavy atom. The Hall–Kier alpha value is -2.60. The quantitative estimate of drug-likeness (QED) is 0.465. The van der Waals surface area contributed by atoms with Gasteiger partial charge in [-0.05, 0) is 82.9 Å². The number of hydrogen-bond donors (Lipinski definition) is 0. The van der Waals surface area contributed by atoms with Crippen LogP contribution in [0.3, 0.4) is 0 Å². The lowest BCUT2D eigenvalue weighted by atomic mass is 9.77. The molecule has 0 aromatic heterocycles. The average molecular weight is 393 g/mol. The molecule has 0 heteroatoms. The zero-order chi connectivity index (χ0) is 20.9. The van der Waals surface area contributed by atoms with Crippen LogP contribution in [0.5, 0.6) is 0 Å². The highest BCUT2D eigenvalue weighted by Crippen LogP contribution is 2.44. The highest BCUT2D eigenvalue weighted by molar-refractivity contribution is 5.89. The molecule has 5 rings (SSSR count). The molecule has 0 heterocycles. The second kappa shape index (κ2) is 7.27. The fourth-order valence-corrected chi connectivity index (χ4v) is 5.48. The molecule has 0 nitrogen and oxygen atoms in total. The molecule has 3 aliphatic rings. The smallest absolute Gasteiger partial charge is 0.00428 e. The zero-order valence-corrected chi connectivity index (χ0v) is 18.8.